The van der Waals surface area contributed by atoms with Crippen LogP contribution in [-0.4, -0.2) is 47.4 Å². The number of amides is 2. The highest BCUT2D eigenvalue weighted by Gasteiger charge is 2.31. The Kier molecular flexibility index (Phi) is 5.33. The Labute approximate surface area is 165 Å². The molecule has 0 bridgehead atoms. The van der Waals surface area contributed by atoms with Gasteiger partial charge in [0.05, 0.1) is 6.61 Å². The van der Waals surface area contributed by atoms with Gasteiger partial charge in [-0.1, -0.05) is 37.3 Å². The van der Waals surface area contributed by atoms with Crippen molar-refractivity contribution in [1.29, 1.82) is 0 Å². The zero-order chi connectivity index (χ0) is 19.5. The van der Waals surface area contributed by atoms with Crippen LogP contribution in [0.15, 0.2) is 48.5 Å². The Hall–Kier alpha value is -2.82. The van der Waals surface area contributed by atoms with Gasteiger partial charge < -0.3 is 14.5 Å². The number of benzene rings is 2. The van der Waals surface area contributed by atoms with Gasteiger partial charge in [-0.2, -0.15) is 0 Å². The number of fused-ring (bicyclic) bond motifs is 1. The molecule has 2 aromatic carbocycles. The number of ether oxygens (including phenoxy) is 1. The molecule has 1 fully saturated rings. The van der Waals surface area contributed by atoms with Gasteiger partial charge in [-0.05, 0) is 35.7 Å². The van der Waals surface area contributed by atoms with E-state index in [2.05, 4.69) is 6.92 Å². The molecule has 0 saturated carbocycles. The first-order valence-electron chi connectivity index (χ1n) is 10.0. The minimum atomic E-state index is 0.00233. The molecule has 0 spiro atoms. The third kappa shape index (κ3) is 3.75. The molecule has 4 rings (SSSR count). The van der Waals surface area contributed by atoms with Gasteiger partial charge in [-0.15, -0.1) is 0 Å². The van der Waals surface area contributed by atoms with Gasteiger partial charge >= 0.3 is 0 Å². The lowest BCUT2D eigenvalue weighted by atomic mass is 10.1. The molecule has 1 atom stereocenters. The molecule has 1 saturated heterocycles. The van der Waals surface area contributed by atoms with Crippen LogP contribution < -0.4 is 4.74 Å². The molecule has 0 unspecified atom stereocenters. The van der Waals surface area contributed by atoms with Gasteiger partial charge in [0.1, 0.15) is 5.75 Å². The van der Waals surface area contributed by atoms with Crippen molar-refractivity contribution in [3.05, 3.63) is 65.2 Å². The number of carbonyl (C=O) groups is 2. The van der Waals surface area contributed by atoms with Gasteiger partial charge in [-0.3, -0.25) is 9.59 Å². The summed E-state index contributed by atoms with van der Waals surface area (Å²) in [6, 6.07) is 15.7. The lowest BCUT2D eigenvalue weighted by Gasteiger charge is -2.31. The number of rotatable bonds is 4. The van der Waals surface area contributed by atoms with E-state index in [4.69, 9.17) is 4.74 Å². The van der Waals surface area contributed by atoms with Crippen molar-refractivity contribution in [3.8, 4) is 5.75 Å². The summed E-state index contributed by atoms with van der Waals surface area (Å²) in [7, 11) is 0. The van der Waals surface area contributed by atoms with E-state index in [9.17, 15) is 9.59 Å². The topological polar surface area (TPSA) is 49.9 Å². The lowest BCUT2D eigenvalue weighted by Crippen LogP contribution is -2.43. The quantitative estimate of drug-likeness (QED) is 0.820. The second-order valence-corrected chi connectivity index (χ2v) is 7.49. The molecule has 0 N–H and O–H groups in total. The lowest BCUT2D eigenvalue weighted by molar-refractivity contribution is -0.133. The van der Waals surface area contributed by atoms with Crippen LogP contribution in [0.4, 0.5) is 0 Å². The van der Waals surface area contributed by atoms with Gasteiger partial charge in [-0.25, -0.2) is 0 Å². The van der Waals surface area contributed by atoms with Crippen LogP contribution in [0.1, 0.15) is 41.3 Å². The summed E-state index contributed by atoms with van der Waals surface area (Å²) >= 11 is 0. The van der Waals surface area contributed by atoms with Crippen LogP contribution >= 0.6 is 0 Å². The molecule has 2 heterocycles. The van der Waals surface area contributed by atoms with Crippen LogP contribution in [0.2, 0.25) is 0 Å². The van der Waals surface area contributed by atoms with Gasteiger partial charge in [0.25, 0.3) is 5.91 Å². The van der Waals surface area contributed by atoms with Crippen molar-refractivity contribution in [1.82, 2.24) is 9.80 Å². The fraction of sp³-hybridized carbons (Fsp3) is 0.391. The predicted octanol–water partition coefficient (Wildman–Crippen LogP) is 3.27. The number of carbonyl (C=O) groups excluding carboxylic acids is 2. The SMILES string of the molecule is CC[C@@H]1CN(C(=O)c2ccc3c(c2)CCO3)CCC(=O)N1Cc1ccccc1. The molecule has 146 valence electrons. The first-order chi connectivity index (χ1) is 13.7. The highest BCUT2D eigenvalue weighted by molar-refractivity contribution is 5.95. The molecule has 5 nitrogen and oxygen atoms in total. The van der Waals surface area contributed by atoms with Crippen molar-refractivity contribution in [2.75, 3.05) is 19.7 Å². The molecule has 2 aliphatic rings. The first kappa shape index (κ1) is 18.5. The average molecular weight is 378 g/mol. The first-order valence-corrected chi connectivity index (χ1v) is 10.0. The Morgan fingerprint density at radius 2 is 1.96 bits per heavy atom. The summed E-state index contributed by atoms with van der Waals surface area (Å²) in [5, 5.41) is 0. The predicted molar refractivity (Wildman–Crippen MR) is 107 cm³/mol. The van der Waals surface area contributed by atoms with Gasteiger partial charge in [0, 0.05) is 44.1 Å². The average Bonchev–Trinajstić information content (AvgIpc) is 3.14. The van der Waals surface area contributed by atoms with Crippen molar-refractivity contribution in [2.24, 2.45) is 0 Å². The largest absolute Gasteiger partial charge is 0.493 e. The minimum Gasteiger partial charge on any atom is -0.493 e. The fourth-order valence-corrected chi connectivity index (χ4v) is 4.06. The van der Waals surface area contributed by atoms with E-state index in [1.807, 2.05) is 58.3 Å². The summed E-state index contributed by atoms with van der Waals surface area (Å²) in [4.78, 5) is 29.7. The third-order valence-electron chi connectivity index (χ3n) is 5.68. The fourth-order valence-electron chi connectivity index (χ4n) is 4.06. The zero-order valence-corrected chi connectivity index (χ0v) is 16.3. The maximum atomic E-state index is 13.1. The maximum absolute atomic E-state index is 13.1. The Balaban J connectivity index is 1.52. The third-order valence-corrected chi connectivity index (χ3v) is 5.68. The van der Waals surface area contributed by atoms with Crippen molar-refractivity contribution in [2.45, 2.75) is 38.8 Å². The Bertz CT molecular complexity index is 865. The summed E-state index contributed by atoms with van der Waals surface area (Å²) in [5.41, 5.74) is 2.89. The summed E-state index contributed by atoms with van der Waals surface area (Å²) < 4.78 is 5.54. The molecule has 0 aliphatic carbocycles. The van der Waals surface area contributed by atoms with E-state index in [1.165, 1.54) is 0 Å². The summed E-state index contributed by atoms with van der Waals surface area (Å²) in [5.74, 6) is 0.999. The van der Waals surface area contributed by atoms with E-state index in [0.717, 1.165) is 29.7 Å². The second kappa shape index (κ2) is 8.05. The van der Waals surface area contributed by atoms with Crippen LogP contribution in [-0.2, 0) is 17.8 Å². The van der Waals surface area contributed by atoms with Gasteiger partial charge in [0.15, 0.2) is 0 Å². The Morgan fingerprint density at radius 3 is 2.75 bits per heavy atom. The standard InChI is InChI=1S/C23H26N2O3/c1-2-20-16-24(23(27)19-8-9-21-18(14-19)11-13-28-21)12-10-22(26)25(20)15-17-6-4-3-5-7-17/h3-9,14,20H,2,10-13,15-16H2,1H3/t20-/m1/s1. The van der Waals surface area contributed by atoms with E-state index < -0.39 is 0 Å². The smallest absolute Gasteiger partial charge is 0.253 e. The molecular formula is C23H26N2O3. The molecule has 2 amide bonds. The van der Waals surface area contributed by atoms with E-state index in [-0.39, 0.29) is 17.9 Å². The summed E-state index contributed by atoms with van der Waals surface area (Å²) in [6.45, 7) is 4.39. The van der Waals surface area contributed by atoms with E-state index >= 15 is 0 Å². The van der Waals surface area contributed by atoms with Crippen LogP contribution in [0.3, 0.4) is 0 Å². The molecule has 0 aromatic heterocycles. The van der Waals surface area contributed by atoms with Gasteiger partial charge in [0.2, 0.25) is 5.91 Å². The summed E-state index contributed by atoms with van der Waals surface area (Å²) in [6.07, 6.45) is 2.03. The second-order valence-electron chi connectivity index (χ2n) is 7.49. The van der Waals surface area contributed by atoms with Crippen molar-refractivity contribution >= 4 is 11.8 Å². The molecule has 28 heavy (non-hydrogen) atoms. The molecule has 2 aliphatic heterocycles. The molecule has 2 aromatic rings. The van der Waals surface area contributed by atoms with Crippen molar-refractivity contribution in [3.63, 3.8) is 0 Å². The van der Waals surface area contributed by atoms with Crippen LogP contribution in [0.25, 0.3) is 0 Å². The normalized spacial score (nSPS) is 19.2. The Morgan fingerprint density at radius 1 is 1.14 bits per heavy atom. The minimum absolute atomic E-state index is 0.00233. The molecular weight excluding hydrogens is 352 g/mol. The number of nitrogens with zero attached hydrogens (tertiary/aromatic N) is 2. The van der Waals surface area contributed by atoms with Crippen LogP contribution in [0.5, 0.6) is 5.75 Å². The van der Waals surface area contributed by atoms with E-state index in [1.54, 1.807) is 0 Å². The highest BCUT2D eigenvalue weighted by atomic mass is 16.5. The maximum Gasteiger partial charge on any atom is 0.253 e. The van der Waals surface area contributed by atoms with Crippen LogP contribution in [0, 0.1) is 0 Å². The number of hydrogen-bond acceptors (Lipinski definition) is 3. The zero-order valence-electron chi connectivity index (χ0n) is 16.3. The van der Waals surface area contributed by atoms with Crippen molar-refractivity contribution < 1.29 is 14.3 Å². The highest BCUT2D eigenvalue weighted by Crippen LogP contribution is 2.27. The van der Waals surface area contributed by atoms with E-state index in [0.29, 0.717) is 38.2 Å². The number of hydrogen-bond donors (Lipinski definition) is 0. The monoisotopic (exact) mass is 378 g/mol. The molecule has 5 heteroatoms. The molecule has 0 radical (unpaired) electrons.